The molecule has 0 saturated heterocycles. The number of halogens is 4. The molecule has 13 heavy (non-hydrogen) atoms. The van der Waals surface area contributed by atoms with E-state index in [2.05, 4.69) is 20.3 Å². The first-order valence-electron chi connectivity index (χ1n) is 3.17. The second-order valence-corrected chi connectivity index (χ2v) is 2.65. The van der Waals surface area contributed by atoms with Gasteiger partial charge in [-0.25, -0.2) is 8.78 Å². The van der Waals surface area contributed by atoms with Crippen LogP contribution in [0.1, 0.15) is 0 Å². The van der Waals surface area contributed by atoms with Crippen LogP contribution < -0.4 is 5.32 Å². The number of nitrogens with one attached hydrogen (secondary N) is 1. The molecule has 1 N–H and O–H groups in total. The molecule has 4 nitrogen and oxygen atoms in total. The number of alkyl halides is 2. The first kappa shape index (κ1) is 10.3. The Morgan fingerprint density at radius 1 is 1.15 bits per heavy atom. The fourth-order valence-electron chi connectivity index (χ4n) is 0.573. The second-order valence-electron chi connectivity index (χ2n) is 1.97. The lowest BCUT2D eigenvalue weighted by atomic mass is 10.7. The first-order chi connectivity index (χ1) is 6.08. The van der Waals surface area contributed by atoms with E-state index in [9.17, 15) is 8.78 Å². The van der Waals surface area contributed by atoms with Crippen LogP contribution in [0.3, 0.4) is 0 Å². The Morgan fingerprint density at radius 2 is 1.69 bits per heavy atom. The third-order valence-electron chi connectivity index (χ3n) is 0.995. The van der Waals surface area contributed by atoms with Crippen LogP contribution in [0.4, 0.5) is 14.7 Å². The van der Waals surface area contributed by atoms with Gasteiger partial charge in [-0.3, -0.25) is 0 Å². The standard InChI is InChI=1S/C5H4Cl2F2N4/c6-3-11-4(7)13-5(12-3)10-1-2(8)9/h2H,1H2,(H,10,11,12,13). The van der Waals surface area contributed by atoms with Crippen molar-refractivity contribution in [1.29, 1.82) is 0 Å². The van der Waals surface area contributed by atoms with Gasteiger partial charge >= 0.3 is 0 Å². The van der Waals surface area contributed by atoms with Crippen LogP contribution in [0.25, 0.3) is 0 Å². The molecule has 0 aliphatic carbocycles. The molecule has 1 aromatic rings. The van der Waals surface area contributed by atoms with Crippen molar-refractivity contribution in [2.24, 2.45) is 0 Å². The van der Waals surface area contributed by atoms with Crippen molar-refractivity contribution in [1.82, 2.24) is 15.0 Å². The SMILES string of the molecule is FC(F)CNc1nc(Cl)nc(Cl)n1. The van der Waals surface area contributed by atoms with Crippen LogP contribution in [0.15, 0.2) is 0 Å². The van der Waals surface area contributed by atoms with Crippen molar-refractivity contribution in [3.8, 4) is 0 Å². The average molecular weight is 229 g/mol. The molecule has 0 spiro atoms. The number of hydrogen-bond acceptors (Lipinski definition) is 4. The van der Waals surface area contributed by atoms with Crippen molar-refractivity contribution < 1.29 is 8.78 Å². The summed E-state index contributed by atoms with van der Waals surface area (Å²) in [5.41, 5.74) is 0. The van der Waals surface area contributed by atoms with Gasteiger partial charge < -0.3 is 5.32 Å². The van der Waals surface area contributed by atoms with Crippen LogP contribution in [0, 0.1) is 0 Å². The van der Waals surface area contributed by atoms with Gasteiger partial charge in [0.2, 0.25) is 16.5 Å². The van der Waals surface area contributed by atoms with E-state index in [1.54, 1.807) is 0 Å². The lowest BCUT2D eigenvalue weighted by molar-refractivity contribution is 0.163. The average Bonchev–Trinajstić information content (AvgIpc) is 1.99. The third-order valence-corrected chi connectivity index (χ3v) is 1.33. The minimum absolute atomic E-state index is 0.0645. The number of nitrogens with zero attached hydrogens (tertiary/aromatic N) is 3. The zero-order chi connectivity index (χ0) is 9.84. The molecule has 0 radical (unpaired) electrons. The van der Waals surface area contributed by atoms with Gasteiger partial charge in [-0.2, -0.15) is 15.0 Å². The Labute approximate surface area is 82.3 Å². The van der Waals surface area contributed by atoms with Gasteiger partial charge in [0.25, 0.3) is 6.43 Å². The molecule has 0 amide bonds. The molecular weight excluding hydrogens is 225 g/mol. The summed E-state index contributed by atoms with van der Waals surface area (Å²) in [7, 11) is 0. The molecule has 1 heterocycles. The largest absolute Gasteiger partial charge is 0.348 e. The van der Waals surface area contributed by atoms with E-state index >= 15 is 0 Å². The van der Waals surface area contributed by atoms with Crippen LogP contribution in [-0.2, 0) is 0 Å². The highest BCUT2D eigenvalue weighted by Gasteiger charge is 2.05. The summed E-state index contributed by atoms with van der Waals surface area (Å²) in [5, 5.41) is 1.96. The Kier molecular flexibility index (Phi) is 3.56. The van der Waals surface area contributed by atoms with Gasteiger partial charge in [-0.15, -0.1) is 0 Å². The Balaban J connectivity index is 2.66. The summed E-state index contributed by atoms with van der Waals surface area (Å²) >= 11 is 10.8. The quantitative estimate of drug-likeness (QED) is 0.859. The van der Waals surface area contributed by atoms with E-state index < -0.39 is 13.0 Å². The summed E-state index contributed by atoms with van der Waals surface area (Å²) < 4.78 is 23.4. The minimum atomic E-state index is -2.49. The number of anilines is 1. The molecule has 1 aromatic heterocycles. The predicted molar refractivity (Wildman–Crippen MR) is 44.3 cm³/mol. The van der Waals surface area contributed by atoms with E-state index in [0.29, 0.717) is 0 Å². The summed E-state index contributed by atoms with van der Waals surface area (Å²) in [4.78, 5) is 10.5. The second kappa shape index (κ2) is 4.48. The van der Waals surface area contributed by atoms with Crippen LogP contribution in [0.5, 0.6) is 0 Å². The minimum Gasteiger partial charge on any atom is -0.348 e. The van der Waals surface area contributed by atoms with Gasteiger partial charge in [0.15, 0.2) is 0 Å². The van der Waals surface area contributed by atoms with Crippen molar-refractivity contribution >= 4 is 29.2 Å². The normalized spacial score (nSPS) is 10.5. The molecule has 72 valence electrons. The summed E-state index contributed by atoms with van der Waals surface area (Å²) in [6.07, 6.45) is -2.49. The zero-order valence-corrected chi connectivity index (χ0v) is 7.65. The van der Waals surface area contributed by atoms with Crippen molar-refractivity contribution in [3.63, 3.8) is 0 Å². The highest BCUT2D eigenvalue weighted by molar-refractivity contribution is 6.31. The maximum Gasteiger partial charge on any atom is 0.255 e. The van der Waals surface area contributed by atoms with Gasteiger partial charge in [0, 0.05) is 0 Å². The molecule has 0 bridgehead atoms. The first-order valence-corrected chi connectivity index (χ1v) is 3.92. The summed E-state index contributed by atoms with van der Waals surface area (Å²) in [6.45, 7) is -0.559. The smallest absolute Gasteiger partial charge is 0.255 e. The molecule has 0 saturated carbocycles. The van der Waals surface area contributed by atoms with Crippen molar-refractivity contribution in [2.45, 2.75) is 6.43 Å². The molecule has 0 atom stereocenters. The van der Waals surface area contributed by atoms with Crippen LogP contribution in [-0.4, -0.2) is 27.9 Å². The Bertz CT molecular complexity index is 276. The van der Waals surface area contributed by atoms with Crippen LogP contribution >= 0.6 is 23.2 Å². The van der Waals surface area contributed by atoms with E-state index in [1.807, 2.05) is 0 Å². The van der Waals surface area contributed by atoms with Crippen LogP contribution in [0.2, 0.25) is 10.6 Å². The van der Waals surface area contributed by atoms with E-state index in [1.165, 1.54) is 0 Å². The van der Waals surface area contributed by atoms with Gasteiger partial charge in [-0.1, -0.05) is 0 Å². The molecule has 0 aliphatic heterocycles. The van der Waals surface area contributed by atoms with Crippen molar-refractivity contribution in [2.75, 3.05) is 11.9 Å². The number of rotatable bonds is 3. The maximum atomic E-state index is 11.7. The monoisotopic (exact) mass is 228 g/mol. The molecular formula is C5H4Cl2F2N4. The number of aromatic nitrogens is 3. The Hall–Kier alpha value is -0.750. The maximum absolute atomic E-state index is 11.7. The molecule has 0 fully saturated rings. The zero-order valence-electron chi connectivity index (χ0n) is 6.14. The fourth-order valence-corrected chi connectivity index (χ4v) is 0.937. The third kappa shape index (κ3) is 3.65. The van der Waals surface area contributed by atoms with E-state index in [0.717, 1.165) is 0 Å². The molecule has 0 aliphatic rings. The van der Waals surface area contributed by atoms with E-state index in [4.69, 9.17) is 23.2 Å². The predicted octanol–water partition coefficient (Wildman–Crippen LogP) is 1.86. The van der Waals surface area contributed by atoms with Crippen molar-refractivity contribution in [3.05, 3.63) is 10.6 Å². The highest BCUT2D eigenvalue weighted by Crippen LogP contribution is 2.09. The molecule has 0 aromatic carbocycles. The lowest BCUT2D eigenvalue weighted by Crippen LogP contribution is -2.12. The number of hydrogen-bond donors (Lipinski definition) is 1. The van der Waals surface area contributed by atoms with Gasteiger partial charge in [0.05, 0.1) is 6.54 Å². The molecule has 8 heteroatoms. The highest BCUT2D eigenvalue weighted by atomic mass is 35.5. The van der Waals surface area contributed by atoms with Gasteiger partial charge in [-0.05, 0) is 23.2 Å². The molecule has 1 rings (SSSR count). The van der Waals surface area contributed by atoms with E-state index in [-0.39, 0.29) is 16.5 Å². The fraction of sp³-hybridized carbons (Fsp3) is 0.400. The lowest BCUT2D eigenvalue weighted by Gasteiger charge is -2.02. The summed E-state index contributed by atoms with van der Waals surface area (Å²) in [6, 6.07) is 0. The topological polar surface area (TPSA) is 50.7 Å². The Morgan fingerprint density at radius 3 is 2.15 bits per heavy atom. The molecule has 0 unspecified atom stereocenters. The summed E-state index contributed by atoms with van der Waals surface area (Å²) in [5.74, 6) is -0.0645. The van der Waals surface area contributed by atoms with Gasteiger partial charge in [0.1, 0.15) is 0 Å².